The molecule has 0 saturated heterocycles. The number of nitrogens with one attached hydrogen (secondary N) is 2. The van der Waals surface area contributed by atoms with E-state index in [1.165, 1.54) is 23.9 Å². The second kappa shape index (κ2) is 10.9. The van der Waals surface area contributed by atoms with Gasteiger partial charge in [0.05, 0.1) is 16.6 Å². The topological polar surface area (TPSA) is 157 Å². The normalized spacial score (nSPS) is 14.0. The SMILES string of the molecule is Cn1ccc(=O)n(-c2cccc3c(C[C@H](NC(=O)c4c(F)ccc(NS(=O)(=O)C5CC5)c4F)C(=O)O)cccc23)c1=O. The Morgan fingerprint density at radius 3 is 2.40 bits per heavy atom. The molecule has 42 heavy (non-hydrogen) atoms. The van der Waals surface area contributed by atoms with Crippen LogP contribution in [0.3, 0.4) is 0 Å². The van der Waals surface area contributed by atoms with Gasteiger partial charge in [0.2, 0.25) is 10.0 Å². The van der Waals surface area contributed by atoms with Crippen molar-refractivity contribution in [2.45, 2.75) is 30.6 Å². The highest BCUT2D eigenvalue weighted by Gasteiger charge is 2.37. The lowest BCUT2D eigenvalue weighted by molar-refractivity contribution is -0.139. The summed E-state index contributed by atoms with van der Waals surface area (Å²) in [6.07, 6.45) is 1.78. The second-order valence-corrected chi connectivity index (χ2v) is 11.8. The summed E-state index contributed by atoms with van der Waals surface area (Å²) >= 11 is 0. The molecule has 1 fully saturated rings. The fraction of sp³-hybridized carbons (Fsp3) is 0.214. The summed E-state index contributed by atoms with van der Waals surface area (Å²) in [5, 5.41) is 12.2. The van der Waals surface area contributed by atoms with E-state index in [1.54, 1.807) is 36.4 Å². The Morgan fingerprint density at radius 2 is 1.71 bits per heavy atom. The molecule has 0 bridgehead atoms. The number of benzene rings is 3. The smallest absolute Gasteiger partial charge is 0.335 e. The van der Waals surface area contributed by atoms with Crippen molar-refractivity contribution in [2.24, 2.45) is 7.05 Å². The molecule has 1 saturated carbocycles. The summed E-state index contributed by atoms with van der Waals surface area (Å²) in [4.78, 5) is 50.4. The maximum Gasteiger partial charge on any atom is 0.335 e. The zero-order chi connectivity index (χ0) is 30.3. The van der Waals surface area contributed by atoms with Crippen molar-refractivity contribution in [3.8, 4) is 5.69 Å². The van der Waals surface area contributed by atoms with Crippen molar-refractivity contribution < 1.29 is 31.9 Å². The van der Waals surface area contributed by atoms with Crippen LogP contribution in [0.4, 0.5) is 14.5 Å². The number of aryl methyl sites for hydroxylation is 1. The molecule has 1 aliphatic rings. The number of carboxylic acids is 1. The Morgan fingerprint density at radius 1 is 1.02 bits per heavy atom. The van der Waals surface area contributed by atoms with Crippen LogP contribution in [0.1, 0.15) is 28.8 Å². The molecule has 14 heteroatoms. The highest BCUT2D eigenvalue weighted by molar-refractivity contribution is 7.93. The Kier molecular flexibility index (Phi) is 7.41. The van der Waals surface area contributed by atoms with Crippen molar-refractivity contribution in [3.63, 3.8) is 0 Å². The van der Waals surface area contributed by atoms with E-state index in [9.17, 15) is 37.1 Å². The van der Waals surface area contributed by atoms with Gasteiger partial charge in [-0.3, -0.25) is 14.3 Å². The van der Waals surface area contributed by atoms with E-state index in [-0.39, 0.29) is 12.1 Å². The molecule has 0 spiro atoms. The molecule has 5 rings (SSSR count). The van der Waals surface area contributed by atoms with Crippen LogP contribution in [0.5, 0.6) is 0 Å². The molecule has 0 unspecified atom stereocenters. The molecule has 11 nitrogen and oxygen atoms in total. The summed E-state index contributed by atoms with van der Waals surface area (Å²) in [6.45, 7) is 0. The molecule has 3 aromatic carbocycles. The molecule has 4 aromatic rings. The van der Waals surface area contributed by atoms with Crippen LogP contribution in [0.25, 0.3) is 16.5 Å². The lowest BCUT2D eigenvalue weighted by Gasteiger charge is -2.18. The largest absolute Gasteiger partial charge is 0.480 e. The van der Waals surface area contributed by atoms with Crippen LogP contribution in [-0.2, 0) is 28.3 Å². The Hall–Kier alpha value is -4.85. The molecule has 1 aromatic heterocycles. The van der Waals surface area contributed by atoms with Crippen LogP contribution in [0, 0.1) is 11.6 Å². The van der Waals surface area contributed by atoms with E-state index < -0.39 is 67.3 Å². The summed E-state index contributed by atoms with van der Waals surface area (Å²) in [6, 6.07) is 10.7. The van der Waals surface area contributed by atoms with Gasteiger partial charge in [0.1, 0.15) is 17.4 Å². The molecule has 218 valence electrons. The van der Waals surface area contributed by atoms with E-state index in [0.717, 1.165) is 10.6 Å². The summed E-state index contributed by atoms with van der Waals surface area (Å²) in [7, 11) is -2.44. The van der Waals surface area contributed by atoms with Gasteiger partial charge < -0.3 is 15.0 Å². The quantitative estimate of drug-likeness (QED) is 0.267. The number of carbonyl (C=O) groups is 2. The first-order valence-electron chi connectivity index (χ1n) is 12.7. The van der Waals surface area contributed by atoms with Gasteiger partial charge in [0, 0.05) is 31.1 Å². The van der Waals surface area contributed by atoms with Gasteiger partial charge in [-0.1, -0.05) is 30.3 Å². The average Bonchev–Trinajstić information content (AvgIpc) is 3.79. The lowest BCUT2D eigenvalue weighted by atomic mass is 9.97. The Labute approximate surface area is 237 Å². The molecule has 1 atom stereocenters. The average molecular weight is 599 g/mol. The molecule has 3 N–H and O–H groups in total. The third kappa shape index (κ3) is 5.40. The highest BCUT2D eigenvalue weighted by atomic mass is 32.2. The van der Waals surface area contributed by atoms with Gasteiger partial charge in [-0.2, -0.15) is 0 Å². The van der Waals surface area contributed by atoms with Crippen LogP contribution >= 0.6 is 0 Å². The zero-order valence-electron chi connectivity index (χ0n) is 22.0. The Bertz CT molecular complexity index is 1980. The van der Waals surface area contributed by atoms with E-state index in [1.807, 2.05) is 4.72 Å². The molecule has 1 heterocycles. The van der Waals surface area contributed by atoms with Crippen LogP contribution < -0.4 is 21.3 Å². The number of rotatable bonds is 9. The predicted molar refractivity (Wildman–Crippen MR) is 149 cm³/mol. The first-order valence-corrected chi connectivity index (χ1v) is 14.3. The third-order valence-corrected chi connectivity index (χ3v) is 8.80. The van der Waals surface area contributed by atoms with Crippen molar-refractivity contribution >= 4 is 38.4 Å². The van der Waals surface area contributed by atoms with Crippen LogP contribution in [-0.4, -0.2) is 45.8 Å². The number of hydrogen-bond donors (Lipinski definition) is 3. The third-order valence-electron chi connectivity index (χ3n) is 6.95. The number of sulfonamides is 1. The number of aliphatic carboxylic acids is 1. The number of nitrogens with zero attached hydrogens (tertiary/aromatic N) is 2. The minimum Gasteiger partial charge on any atom is -0.480 e. The maximum atomic E-state index is 15.2. The highest BCUT2D eigenvalue weighted by Crippen LogP contribution is 2.31. The minimum atomic E-state index is -3.93. The molecular weight excluding hydrogens is 574 g/mol. The molecule has 1 aliphatic carbocycles. The second-order valence-electron chi connectivity index (χ2n) is 9.87. The van der Waals surface area contributed by atoms with Gasteiger partial charge in [-0.25, -0.2) is 31.4 Å². The molecular formula is C28H24F2N4O7S. The van der Waals surface area contributed by atoms with E-state index in [0.29, 0.717) is 35.2 Å². The van der Waals surface area contributed by atoms with Gasteiger partial charge in [0.25, 0.3) is 11.5 Å². The number of anilines is 1. The fourth-order valence-electron chi connectivity index (χ4n) is 4.62. The number of fused-ring (bicyclic) bond motifs is 1. The van der Waals surface area contributed by atoms with Gasteiger partial charge in [0.15, 0.2) is 5.82 Å². The van der Waals surface area contributed by atoms with Crippen molar-refractivity contribution in [3.05, 3.63) is 104 Å². The van der Waals surface area contributed by atoms with Crippen molar-refractivity contribution in [2.75, 3.05) is 4.72 Å². The number of carbonyl (C=O) groups excluding carboxylic acids is 1. The number of halogens is 2. The van der Waals surface area contributed by atoms with Gasteiger partial charge >= 0.3 is 11.7 Å². The fourth-order valence-corrected chi connectivity index (χ4v) is 6.01. The van der Waals surface area contributed by atoms with Gasteiger partial charge in [-0.15, -0.1) is 0 Å². The number of carboxylic acid groups (broad SMARTS) is 1. The molecule has 0 radical (unpaired) electrons. The number of amides is 1. The Balaban J connectivity index is 1.47. The number of aromatic nitrogens is 2. The first kappa shape index (κ1) is 28.7. The predicted octanol–water partition coefficient (Wildman–Crippen LogP) is 2.30. The minimum absolute atomic E-state index is 0.256. The van der Waals surface area contributed by atoms with Gasteiger partial charge in [-0.05, 0) is 42.0 Å². The summed E-state index contributed by atoms with van der Waals surface area (Å²) in [5.41, 5.74) is -2.29. The molecule has 0 aliphatic heterocycles. The van der Waals surface area contributed by atoms with Crippen LogP contribution in [0.15, 0.2) is 70.4 Å². The van der Waals surface area contributed by atoms with Crippen LogP contribution in [0.2, 0.25) is 0 Å². The van der Waals surface area contributed by atoms with Crippen molar-refractivity contribution in [1.29, 1.82) is 0 Å². The van der Waals surface area contributed by atoms with E-state index in [2.05, 4.69) is 5.32 Å². The summed E-state index contributed by atoms with van der Waals surface area (Å²) < 4.78 is 58.4. The van der Waals surface area contributed by atoms with E-state index in [4.69, 9.17) is 0 Å². The monoisotopic (exact) mass is 598 g/mol. The lowest BCUT2D eigenvalue weighted by Crippen LogP contribution is -2.43. The van der Waals surface area contributed by atoms with E-state index >= 15 is 4.39 Å². The summed E-state index contributed by atoms with van der Waals surface area (Å²) in [5.74, 6) is -5.69. The number of hydrogen-bond acceptors (Lipinski definition) is 6. The van der Waals surface area contributed by atoms with Crippen molar-refractivity contribution in [1.82, 2.24) is 14.5 Å². The standard InChI is InChI=1S/C28H24F2N4O7S/c1-33-13-12-23(35)34(28(33)39)22-7-3-5-17-15(4-2-6-18(17)22)14-21(27(37)38)31-26(36)24-19(29)10-11-20(25(24)30)32-42(40,41)16-8-9-16/h2-7,10-13,16,21,32H,8-9,14H2,1H3,(H,31,36)(H,37,38)/t21-/m0/s1. The zero-order valence-corrected chi connectivity index (χ0v) is 22.8. The maximum absolute atomic E-state index is 15.2. The molecule has 1 amide bonds. The first-order chi connectivity index (χ1) is 19.9.